The lowest BCUT2D eigenvalue weighted by atomic mass is 10.0. The monoisotopic (exact) mass is 391 g/mol. The van der Waals surface area contributed by atoms with Crippen molar-refractivity contribution in [3.8, 4) is 22.6 Å². The average molecular weight is 392 g/mol. The highest BCUT2D eigenvalue weighted by atomic mass is 16.5. The molecular formula is C28H25NO. The van der Waals surface area contributed by atoms with E-state index in [4.69, 9.17) is 4.74 Å². The molecule has 0 spiro atoms. The summed E-state index contributed by atoms with van der Waals surface area (Å²) in [6.45, 7) is 6.19. The van der Waals surface area contributed by atoms with Crippen LogP contribution in [0.25, 0.3) is 38.6 Å². The summed E-state index contributed by atoms with van der Waals surface area (Å²) in [5, 5.41) is 2.57. The second-order valence-corrected chi connectivity index (χ2v) is 8.66. The van der Waals surface area contributed by atoms with Crippen molar-refractivity contribution < 1.29 is 4.74 Å². The number of ether oxygens (including phenoxy) is 1. The van der Waals surface area contributed by atoms with Gasteiger partial charge >= 0.3 is 0 Å². The predicted octanol–water partition coefficient (Wildman–Crippen LogP) is 7.63. The molecule has 5 rings (SSSR count). The first-order chi connectivity index (χ1) is 14.5. The second-order valence-electron chi connectivity index (χ2n) is 8.66. The van der Waals surface area contributed by atoms with Gasteiger partial charge in [-0.1, -0.05) is 60.7 Å². The number of rotatable bonds is 3. The van der Waals surface area contributed by atoms with Gasteiger partial charge in [-0.05, 0) is 68.3 Å². The maximum atomic E-state index is 5.94. The first kappa shape index (κ1) is 18.5. The van der Waals surface area contributed by atoms with Crippen LogP contribution in [-0.2, 0) is 0 Å². The zero-order valence-electron chi connectivity index (χ0n) is 17.6. The van der Waals surface area contributed by atoms with Crippen LogP contribution >= 0.6 is 0 Å². The molecule has 5 aromatic rings. The molecule has 0 atom stereocenters. The Morgan fingerprint density at radius 2 is 1.03 bits per heavy atom. The van der Waals surface area contributed by atoms with Crippen molar-refractivity contribution in [2.24, 2.45) is 0 Å². The lowest BCUT2D eigenvalue weighted by molar-refractivity contribution is 0.131. The quantitative estimate of drug-likeness (QED) is 0.308. The lowest BCUT2D eigenvalue weighted by Crippen LogP contribution is -2.22. The Morgan fingerprint density at radius 3 is 1.53 bits per heavy atom. The van der Waals surface area contributed by atoms with Crippen LogP contribution < -0.4 is 4.74 Å². The summed E-state index contributed by atoms with van der Waals surface area (Å²) < 4.78 is 8.28. The SMILES string of the molecule is CC(C)(C)Oc1ccc(-c2ccc(-n3c4ccccc4c4ccccc43)cc2)cc1. The van der Waals surface area contributed by atoms with Crippen molar-refractivity contribution in [3.05, 3.63) is 97.1 Å². The largest absolute Gasteiger partial charge is 0.488 e. The molecule has 1 aromatic heterocycles. The third-order valence-electron chi connectivity index (χ3n) is 5.32. The molecule has 0 aliphatic heterocycles. The summed E-state index contributed by atoms with van der Waals surface area (Å²) in [4.78, 5) is 0. The minimum Gasteiger partial charge on any atom is -0.488 e. The van der Waals surface area contributed by atoms with Crippen molar-refractivity contribution in [3.63, 3.8) is 0 Å². The molecule has 0 bridgehead atoms. The fraction of sp³-hybridized carbons (Fsp3) is 0.143. The molecule has 0 radical (unpaired) electrons. The summed E-state index contributed by atoms with van der Waals surface area (Å²) >= 11 is 0. The van der Waals surface area contributed by atoms with E-state index in [2.05, 4.69) is 110 Å². The Bertz CT molecular complexity index is 1270. The summed E-state index contributed by atoms with van der Waals surface area (Å²) in [6.07, 6.45) is 0. The smallest absolute Gasteiger partial charge is 0.120 e. The minimum atomic E-state index is -0.189. The summed E-state index contributed by atoms with van der Waals surface area (Å²) in [5.41, 5.74) is 5.83. The Labute approximate surface area is 177 Å². The van der Waals surface area contributed by atoms with Crippen molar-refractivity contribution >= 4 is 21.8 Å². The highest BCUT2D eigenvalue weighted by Gasteiger charge is 2.13. The molecule has 0 amide bonds. The number of hydrogen-bond acceptors (Lipinski definition) is 1. The fourth-order valence-corrected chi connectivity index (χ4v) is 4.07. The standard InChI is InChI=1S/C28H25NO/c1-28(2,3)30-23-18-14-21(15-19-23)20-12-16-22(17-13-20)29-26-10-6-4-8-24(26)25-9-5-7-11-27(25)29/h4-19H,1-3H3. The molecule has 1 heterocycles. The Morgan fingerprint density at radius 1 is 0.567 bits per heavy atom. The van der Waals surface area contributed by atoms with Crippen molar-refractivity contribution in [1.29, 1.82) is 0 Å². The Balaban J connectivity index is 1.53. The molecule has 2 heteroatoms. The third-order valence-corrected chi connectivity index (χ3v) is 5.32. The molecule has 2 nitrogen and oxygen atoms in total. The number of para-hydroxylation sites is 2. The third kappa shape index (κ3) is 3.35. The molecule has 0 N–H and O–H groups in total. The average Bonchev–Trinajstić information content (AvgIpc) is 3.08. The molecule has 0 aliphatic rings. The van der Waals surface area contributed by atoms with Crippen molar-refractivity contribution in [1.82, 2.24) is 4.57 Å². The number of aromatic nitrogens is 1. The van der Waals surface area contributed by atoms with E-state index in [9.17, 15) is 0 Å². The maximum absolute atomic E-state index is 5.94. The van der Waals surface area contributed by atoms with Gasteiger partial charge in [0.15, 0.2) is 0 Å². The van der Waals surface area contributed by atoms with E-state index >= 15 is 0 Å². The summed E-state index contributed by atoms with van der Waals surface area (Å²) in [6, 6.07) is 34.3. The Hall–Kier alpha value is -3.52. The van der Waals surface area contributed by atoms with E-state index in [1.165, 1.54) is 38.6 Å². The molecule has 0 aliphatic carbocycles. The number of hydrogen-bond donors (Lipinski definition) is 0. The van der Waals surface area contributed by atoms with Gasteiger partial charge in [-0.15, -0.1) is 0 Å². The van der Waals surface area contributed by atoms with Gasteiger partial charge in [0.1, 0.15) is 11.4 Å². The Kier molecular flexibility index (Phi) is 4.36. The van der Waals surface area contributed by atoms with Gasteiger partial charge in [-0.3, -0.25) is 0 Å². The molecule has 0 saturated heterocycles. The van der Waals surface area contributed by atoms with E-state index < -0.39 is 0 Å². The molecular weight excluding hydrogens is 366 g/mol. The number of nitrogens with zero attached hydrogens (tertiary/aromatic N) is 1. The zero-order chi connectivity index (χ0) is 20.7. The first-order valence-electron chi connectivity index (χ1n) is 10.4. The lowest BCUT2D eigenvalue weighted by Gasteiger charge is -2.21. The molecule has 148 valence electrons. The minimum absolute atomic E-state index is 0.189. The number of benzene rings is 4. The van der Waals surface area contributed by atoms with Crippen LogP contribution in [-0.4, -0.2) is 10.2 Å². The first-order valence-corrected chi connectivity index (χ1v) is 10.4. The van der Waals surface area contributed by atoms with Crippen LogP contribution in [0.4, 0.5) is 0 Å². The van der Waals surface area contributed by atoms with E-state index in [1.54, 1.807) is 0 Å². The molecule has 4 aromatic carbocycles. The highest BCUT2D eigenvalue weighted by Crippen LogP contribution is 2.32. The molecule has 30 heavy (non-hydrogen) atoms. The normalized spacial score (nSPS) is 11.8. The van der Waals surface area contributed by atoms with Crippen LogP contribution in [0.2, 0.25) is 0 Å². The predicted molar refractivity (Wildman–Crippen MR) is 127 cm³/mol. The number of fused-ring (bicyclic) bond motifs is 3. The summed E-state index contributed by atoms with van der Waals surface area (Å²) in [5.74, 6) is 0.896. The molecule has 0 saturated carbocycles. The van der Waals surface area contributed by atoms with Crippen LogP contribution in [0.3, 0.4) is 0 Å². The van der Waals surface area contributed by atoms with E-state index in [-0.39, 0.29) is 5.60 Å². The van der Waals surface area contributed by atoms with Gasteiger partial charge in [0.25, 0.3) is 0 Å². The second kappa shape index (κ2) is 7.07. The van der Waals surface area contributed by atoms with Gasteiger partial charge in [0.2, 0.25) is 0 Å². The van der Waals surface area contributed by atoms with E-state index in [1.807, 2.05) is 12.1 Å². The van der Waals surface area contributed by atoms with Gasteiger partial charge in [0, 0.05) is 16.5 Å². The van der Waals surface area contributed by atoms with Crippen molar-refractivity contribution in [2.45, 2.75) is 26.4 Å². The topological polar surface area (TPSA) is 14.2 Å². The van der Waals surface area contributed by atoms with E-state index in [0.717, 1.165) is 5.75 Å². The molecule has 0 unspecified atom stereocenters. The zero-order valence-corrected chi connectivity index (χ0v) is 17.6. The fourth-order valence-electron chi connectivity index (χ4n) is 4.07. The highest BCUT2D eigenvalue weighted by molar-refractivity contribution is 6.09. The molecule has 0 fully saturated rings. The van der Waals surface area contributed by atoms with Crippen LogP contribution in [0.15, 0.2) is 97.1 Å². The van der Waals surface area contributed by atoms with Crippen LogP contribution in [0, 0.1) is 0 Å². The maximum Gasteiger partial charge on any atom is 0.120 e. The summed E-state index contributed by atoms with van der Waals surface area (Å²) in [7, 11) is 0. The van der Waals surface area contributed by atoms with Gasteiger partial charge in [-0.25, -0.2) is 0 Å². The van der Waals surface area contributed by atoms with E-state index in [0.29, 0.717) is 0 Å². The van der Waals surface area contributed by atoms with Crippen LogP contribution in [0.1, 0.15) is 20.8 Å². The van der Waals surface area contributed by atoms with Gasteiger partial charge in [-0.2, -0.15) is 0 Å². The van der Waals surface area contributed by atoms with Gasteiger partial charge in [0.05, 0.1) is 11.0 Å². The van der Waals surface area contributed by atoms with Crippen molar-refractivity contribution in [2.75, 3.05) is 0 Å². The van der Waals surface area contributed by atoms with Gasteiger partial charge < -0.3 is 9.30 Å². The van der Waals surface area contributed by atoms with Crippen LogP contribution in [0.5, 0.6) is 5.75 Å².